The van der Waals surface area contributed by atoms with Crippen molar-refractivity contribution < 1.29 is 13.9 Å². The van der Waals surface area contributed by atoms with Crippen LogP contribution in [0.4, 0.5) is 4.39 Å². The average molecular weight is 341 g/mol. The zero-order chi connectivity index (χ0) is 17.5. The molecule has 1 heterocycles. The van der Waals surface area contributed by atoms with Crippen molar-refractivity contribution in [2.75, 3.05) is 6.61 Å². The van der Waals surface area contributed by atoms with Gasteiger partial charge in [0, 0.05) is 0 Å². The minimum atomic E-state index is -0.450. The molecule has 2 aromatic carbocycles. The highest BCUT2D eigenvalue weighted by Crippen LogP contribution is 2.19. The highest BCUT2D eigenvalue weighted by atomic mass is 19.1. The third-order valence-electron chi connectivity index (χ3n) is 3.48. The number of nitrogens with zero attached hydrogens (tertiary/aromatic N) is 4. The van der Waals surface area contributed by atoms with Gasteiger partial charge in [-0.25, -0.2) is 9.07 Å². The third kappa shape index (κ3) is 4.60. The van der Waals surface area contributed by atoms with E-state index < -0.39 is 11.9 Å². The molecule has 0 radical (unpaired) electrons. The molecule has 1 atom stereocenters. The number of hydrogen-bond acceptors (Lipinski definition) is 5. The van der Waals surface area contributed by atoms with Gasteiger partial charge in [-0.05, 0) is 28.1 Å². The van der Waals surface area contributed by atoms with Crippen LogP contribution in [0, 0.1) is 5.82 Å². The van der Waals surface area contributed by atoms with E-state index in [0.717, 1.165) is 5.56 Å². The van der Waals surface area contributed by atoms with Crippen LogP contribution in [0.15, 0.2) is 60.9 Å². The SMILES string of the molecule is O=C(Cn1cnnn1)NC(COc1ccccc1F)c1ccccc1. The summed E-state index contributed by atoms with van der Waals surface area (Å²) in [5.41, 5.74) is 0.851. The molecule has 1 unspecified atom stereocenters. The predicted octanol–water partition coefficient (Wildman–Crippen LogP) is 1.75. The third-order valence-corrected chi connectivity index (χ3v) is 3.48. The van der Waals surface area contributed by atoms with Gasteiger partial charge >= 0.3 is 0 Å². The van der Waals surface area contributed by atoms with Gasteiger partial charge < -0.3 is 10.1 Å². The summed E-state index contributed by atoms with van der Waals surface area (Å²) in [6.07, 6.45) is 1.35. The number of ether oxygens (including phenoxy) is 1. The van der Waals surface area contributed by atoms with Gasteiger partial charge in [-0.1, -0.05) is 42.5 Å². The summed E-state index contributed by atoms with van der Waals surface area (Å²) in [6, 6.07) is 15.0. The molecule has 1 N–H and O–H groups in total. The Kier molecular flexibility index (Phi) is 5.30. The molecule has 0 fully saturated rings. The minimum Gasteiger partial charge on any atom is -0.488 e. The Morgan fingerprint density at radius 1 is 1.16 bits per heavy atom. The Morgan fingerprint density at radius 3 is 2.64 bits per heavy atom. The molecule has 0 saturated heterocycles. The highest BCUT2D eigenvalue weighted by Gasteiger charge is 2.17. The van der Waals surface area contributed by atoms with E-state index in [4.69, 9.17) is 4.74 Å². The number of rotatable bonds is 7. The van der Waals surface area contributed by atoms with Gasteiger partial charge in [0.25, 0.3) is 0 Å². The molecule has 128 valence electrons. The van der Waals surface area contributed by atoms with Gasteiger partial charge in [-0.2, -0.15) is 0 Å². The number of para-hydroxylation sites is 1. The van der Waals surface area contributed by atoms with E-state index in [-0.39, 0.29) is 24.8 Å². The molecule has 0 aliphatic heterocycles. The Morgan fingerprint density at radius 2 is 1.92 bits per heavy atom. The first-order valence-electron chi connectivity index (χ1n) is 7.65. The number of aromatic nitrogens is 4. The topological polar surface area (TPSA) is 81.9 Å². The smallest absolute Gasteiger partial charge is 0.242 e. The number of tetrazole rings is 1. The lowest BCUT2D eigenvalue weighted by molar-refractivity contribution is -0.122. The van der Waals surface area contributed by atoms with Crippen molar-refractivity contribution >= 4 is 5.91 Å². The summed E-state index contributed by atoms with van der Waals surface area (Å²) in [5.74, 6) is -0.592. The standard InChI is InChI=1S/C17H16FN5O2/c18-14-8-4-5-9-16(14)25-11-15(13-6-2-1-3-7-13)20-17(24)10-23-12-19-21-22-23/h1-9,12,15H,10-11H2,(H,20,24). The monoisotopic (exact) mass is 341 g/mol. The summed E-state index contributed by atoms with van der Waals surface area (Å²) < 4.78 is 20.6. The molecule has 7 nitrogen and oxygen atoms in total. The van der Waals surface area contributed by atoms with Crippen molar-refractivity contribution in [2.24, 2.45) is 0 Å². The molecule has 1 amide bonds. The molecule has 0 aliphatic rings. The van der Waals surface area contributed by atoms with E-state index in [0.29, 0.717) is 0 Å². The van der Waals surface area contributed by atoms with Crippen molar-refractivity contribution in [2.45, 2.75) is 12.6 Å². The number of nitrogens with one attached hydrogen (secondary N) is 1. The van der Waals surface area contributed by atoms with Crippen molar-refractivity contribution in [3.8, 4) is 5.75 Å². The molecule has 0 aliphatic carbocycles. The van der Waals surface area contributed by atoms with Gasteiger partial charge in [0.05, 0.1) is 6.04 Å². The van der Waals surface area contributed by atoms with Gasteiger partial charge in [0.2, 0.25) is 5.91 Å². The van der Waals surface area contributed by atoms with Crippen LogP contribution in [-0.4, -0.2) is 32.7 Å². The van der Waals surface area contributed by atoms with E-state index >= 15 is 0 Å². The zero-order valence-corrected chi connectivity index (χ0v) is 13.2. The van der Waals surface area contributed by atoms with Crippen LogP contribution < -0.4 is 10.1 Å². The second-order valence-corrected chi connectivity index (χ2v) is 5.28. The number of benzene rings is 2. The summed E-state index contributed by atoms with van der Waals surface area (Å²) in [4.78, 5) is 12.2. The lowest BCUT2D eigenvalue weighted by Gasteiger charge is -2.20. The molecule has 8 heteroatoms. The predicted molar refractivity (Wildman–Crippen MR) is 87.0 cm³/mol. The van der Waals surface area contributed by atoms with Crippen LogP contribution in [0.3, 0.4) is 0 Å². The number of halogens is 1. The van der Waals surface area contributed by atoms with E-state index in [1.807, 2.05) is 30.3 Å². The van der Waals surface area contributed by atoms with Crippen LogP contribution in [0.25, 0.3) is 0 Å². The Bertz CT molecular complexity index is 811. The van der Waals surface area contributed by atoms with Crippen molar-refractivity contribution in [3.63, 3.8) is 0 Å². The molecule has 0 saturated carbocycles. The van der Waals surface area contributed by atoms with Crippen molar-refractivity contribution in [1.29, 1.82) is 0 Å². The van der Waals surface area contributed by atoms with Crippen molar-refractivity contribution in [3.05, 3.63) is 72.3 Å². The Labute approximate surface area is 143 Å². The normalized spacial score (nSPS) is 11.7. The Balaban J connectivity index is 1.69. The number of carbonyl (C=O) groups excluding carboxylic acids is 1. The maximum atomic E-state index is 13.7. The molecular weight excluding hydrogens is 325 g/mol. The first kappa shape index (κ1) is 16.6. The summed E-state index contributed by atoms with van der Waals surface area (Å²) >= 11 is 0. The highest BCUT2D eigenvalue weighted by molar-refractivity contribution is 5.76. The molecule has 1 aromatic heterocycles. The lowest BCUT2D eigenvalue weighted by Crippen LogP contribution is -2.35. The fourth-order valence-electron chi connectivity index (χ4n) is 2.28. The molecular formula is C17H16FN5O2. The first-order chi connectivity index (χ1) is 12.2. The Hall–Kier alpha value is -3.29. The van der Waals surface area contributed by atoms with Crippen molar-refractivity contribution in [1.82, 2.24) is 25.5 Å². The van der Waals surface area contributed by atoms with E-state index in [1.165, 1.54) is 17.1 Å². The largest absolute Gasteiger partial charge is 0.488 e. The maximum Gasteiger partial charge on any atom is 0.242 e. The van der Waals surface area contributed by atoms with Crippen LogP contribution in [0.2, 0.25) is 0 Å². The summed E-state index contributed by atoms with van der Waals surface area (Å²) in [7, 11) is 0. The molecule has 3 aromatic rings. The zero-order valence-electron chi connectivity index (χ0n) is 13.2. The van der Waals surface area contributed by atoms with Crippen LogP contribution in [0.5, 0.6) is 5.75 Å². The lowest BCUT2D eigenvalue weighted by atomic mass is 10.1. The second-order valence-electron chi connectivity index (χ2n) is 5.28. The van der Waals surface area contributed by atoms with Gasteiger partial charge in [-0.15, -0.1) is 5.10 Å². The van der Waals surface area contributed by atoms with E-state index in [2.05, 4.69) is 20.8 Å². The minimum absolute atomic E-state index is 0.0178. The summed E-state index contributed by atoms with van der Waals surface area (Å²) in [6.45, 7) is 0.0718. The average Bonchev–Trinajstić information content (AvgIpc) is 3.13. The van der Waals surface area contributed by atoms with E-state index in [9.17, 15) is 9.18 Å². The first-order valence-corrected chi connectivity index (χ1v) is 7.65. The van der Waals surface area contributed by atoms with E-state index in [1.54, 1.807) is 18.2 Å². The quantitative estimate of drug-likeness (QED) is 0.708. The maximum absolute atomic E-state index is 13.7. The fraction of sp³-hybridized carbons (Fsp3) is 0.176. The van der Waals surface area contributed by atoms with Crippen LogP contribution >= 0.6 is 0 Å². The number of hydrogen-bond donors (Lipinski definition) is 1. The summed E-state index contributed by atoms with van der Waals surface area (Å²) in [5, 5.41) is 13.5. The van der Waals surface area contributed by atoms with Gasteiger partial charge in [0.1, 0.15) is 19.5 Å². The second kappa shape index (κ2) is 8.00. The van der Waals surface area contributed by atoms with Gasteiger partial charge in [0.15, 0.2) is 11.6 Å². The molecule has 25 heavy (non-hydrogen) atoms. The van der Waals surface area contributed by atoms with Gasteiger partial charge in [-0.3, -0.25) is 4.79 Å². The number of amides is 1. The molecule has 3 rings (SSSR count). The molecule has 0 bridgehead atoms. The fourth-order valence-corrected chi connectivity index (χ4v) is 2.28. The van der Waals surface area contributed by atoms with Crippen LogP contribution in [0.1, 0.15) is 11.6 Å². The van der Waals surface area contributed by atoms with Crippen LogP contribution in [-0.2, 0) is 11.3 Å². The molecule has 0 spiro atoms. The number of carbonyl (C=O) groups is 1.